The van der Waals surface area contributed by atoms with Crippen molar-refractivity contribution in [3.05, 3.63) is 53.8 Å². The van der Waals surface area contributed by atoms with Crippen molar-refractivity contribution in [2.75, 3.05) is 13.2 Å². The molecule has 4 nitrogen and oxygen atoms in total. The third-order valence-corrected chi connectivity index (χ3v) is 3.71. The van der Waals surface area contributed by atoms with Crippen molar-refractivity contribution in [1.29, 1.82) is 5.41 Å². The lowest BCUT2D eigenvalue weighted by molar-refractivity contribution is 0.153. The zero-order valence-corrected chi connectivity index (χ0v) is 14.9. The molecule has 1 aromatic rings. The van der Waals surface area contributed by atoms with E-state index in [9.17, 15) is 0 Å². The summed E-state index contributed by atoms with van der Waals surface area (Å²) in [7, 11) is 0. The van der Waals surface area contributed by atoms with E-state index in [2.05, 4.69) is 30.6 Å². The zero-order valence-electron chi connectivity index (χ0n) is 14.9. The van der Waals surface area contributed by atoms with Gasteiger partial charge in [-0.2, -0.15) is 0 Å². The highest BCUT2D eigenvalue weighted by atomic mass is 16.5. The molecule has 0 amide bonds. The highest BCUT2D eigenvalue weighted by Crippen LogP contribution is 2.27. The van der Waals surface area contributed by atoms with E-state index in [-0.39, 0.29) is 13.2 Å². The predicted molar refractivity (Wildman–Crippen MR) is 102 cm³/mol. The summed E-state index contributed by atoms with van der Waals surface area (Å²) in [6.45, 7) is 9.90. The number of aliphatic imine (C=N–C) groups is 1. The number of ether oxygens (including phenoxy) is 1. The molecule has 2 N–H and O–H groups in total. The average Bonchev–Trinajstić information content (AvgIpc) is 2.57. The van der Waals surface area contributed by atoms with Crippen LogP contribution in [0.25, 0.3) is 0 Å². The first-order chi connectivity index (χ1) is 11.5. The molecular formula is C20H28N2O2. The van der Waals surface area contributed by atoms with Gasteiger partial charge in [0.1, 0.15) is 12.4 Å². The first kappa shape index (κ1) is 19.8. The molecule has 24 heavy (non-hydrogen) atoms. The van der Waals surface area contributed by atoms with Crippen molar-refractivity contribution in [2.45, 2.75) is 39.5 Å². The quantitative estimate of drug-likeness (QED) is 0.369. The molecule has 0 fully saturated rings. The maximum atomic E-state index is 8.69. The van der Waals surface area contributed by atoms with Crippen LogP contribution in [0.3, 0.4) is 0 Å². The Labute approximate surface area is 145 Å². The number of aliphatic hydroxyl groups is 1. The molecule has 0 saturated heterocycles. The van der Waals surface area contributed by atoms with Crippen LogP contribution in [0.15, 0.2) is 47.7 Å². The molecule has 4 heteroatoms. The van der Waals surface area contributed by atoms with E-state index in [0.717, 1.165) is 24.1 Å². The summed E-state index contributed by atoms with van der Waals surface area (Å²) in [6, 6.07) is 6.15. The summed E-state index contributed by atoms with van der Waals surface area (Å²) in [6.07, 6.45) is 7.54. The first-order valence-electron chi connectivity index (χ1n) is 8.26. The molecule has 0 aliphatic heterocycles. The fourth-order valence-corrected chi connectivity index (χ4v) is 2.36. The summed E-state index contributed by atoms with van der Waals surface area (Å²) in [5.74, 6) is 0.958. The standard InChI is InChI=1S/C20H28N2O2/c1-5-22-20-11-10-18(14-19(20)17(4)21)15(2)8-6-7-9-16(3)24-13-12-23/h5,7,9-11,14-15,21,23H,3,6,8,12-13H2,1-2,4H3/b9-7-,21-17?,22-5?. The average molecular weight is 328 g/mol. The number of rotatable bonds is 10. The molecule has 0 aliphatic carbocycles. The minimum Gasteiger partial charge on any atom is -0.492 e. The van der Waals surface area contributed by atoms with Crippen molar-refractivity contribution in [3.8, 4) is 0 Å². The van der Waals surface area contributed by atoms with E-state index < -0.39 is 0 Å². The zero-order chi connectivity index (χ0) is 17.9. The highest BCUT2D eigenvalue weighted by Gasteiger charge is 2.09. The van der Waals surface area contributed by atoms with Crippen molar-refractivity contribution in [2.24, 2.45) is 4.99 Å². The van der Waals surface area contributed by atoms with E-state index in [4.69, 9.17) is 15.3 Å². The van der Waals surface area contributed by atoms with E-state index in [1.54, 1.807) is 13.1 Å². The Morgan fingerprint density at radius 3 is 2.83 bits per heavy atom. The maximum absolute atomic E-state index is 8.69. The van der Waals surface area contributed by atoms with Crippen molar-refractivity contribution >= 4 is 17.6 Å². The molecule has 0 aliphatic rings. The fourth-order valence-electron chi connectivity index (χ4n) is 2.36. The van der Waals surface area contributed by atoms with Gasteiger partial charge in [-0.25, -0.2) is 0 Å². The van der Waals surface area contributed by atoms with Gasteiger partial charge < -0.3 is 15.3 Å². The van der Waals surface area contributed by atoms with Gasteiger partial charge in [-0.3, -0.25) is 4.99 Å². The van der Waals surface area contributed by atoms with Crippen molar-refractivity contribution in [1.82, 2.24) is 0 Å². The predicted octanol–water partition coefficient (Wildman–Crippen LogP) is 4.76. The molecule has 0 bridgehead atoms. The van der Waals surface area contributed by atoms with Crippen LogP contribution in [-0.4, -0.2) is 30.2 Å². The van der Waals surface area contributed by atoms with Crippen LogP contribution in [0.2, 0.25) is 0 Å². The number of allylic oxidation sites excluding steroid dienone is 2. The second-order valence-electron chi connectivity index (χ2n) is 5.71. The second-order valence-corrected chi connectivity index (χ2v) is 5.71. The van der Waals surface area contributed by atoms with Crippen LogP contribution in [0.4, 0.5) is 5.69 Å². The van der Waals surface area contributed by atoms with Crippen LogP contribution in [0.5, 0.6) is 0 Å². The van der Waals surface area contributed by atoms with Gasteiger partial charge in [0.15, 0.2) is 0 Å². The maximum Gasteiger partial charge on any atom is 0.111 e. The smallest absolute Gasteiger partial charge is 0.111 e. The number of benzene rings is 1. The Hall–Kier alpha value is -2.20. The van der Waals surface area contributed by atoms with E-state index in [1.807, 2.05) is 25.1 Å². The van der Waals surface area contributed by atoms with Crippen LogP contribution in [0.1, 0.15) is 50.7 Å². The lowest BCUT2D eigenvalue weighted by Crippen LogP contribution is -1.99. The van der Waals surface area contributed by atoms with Gasteiger partial charge >= 0.3 is 0 Å². The molecular weight excluding hydrogens is 300 g/mol. The molecule has 0 saturated carbocycles. The van der Waals surface area contributed by atoms with Crippen molar-refractivity contribution < 1.29 is 9.84 Å². The Balaban J connectivity index is 2.66. The normalized spacial score (nSPS) is 12.7. The van der Waals surface area contributed by atoms with Gasteiger partial charge in [0.05, 0.1) is 12.3 Å². The third kappa shape index (κ3) is 6.50. The summed E-state index contributed by atoms with van der Waals surface area (Å²) in [4.78, 5) is 4.33. The lowest BCUT2D eigenvalue weighted by atomic mass is 9.93. The number of nitrogens with one attached hydrogen (secondary N) is 1. The van der Waals surface area contributed by atoms with Crippen LogP contribution in [-0.2, 0) is 4.74 Å². The Morgan fingerprint density at radius 1 is 1.46 bits per heavy atom. The minimum absolute atomic E-state index is 0.00324. The highest BCUT2D eigenvalue weighted by molar-refractivity contribution is 6.01. The molecule has 0 spiro atoms. The molecule has 0 aromatic heterocycles. The van der Waals surface area contributed by atoms with Gasteiger partial charge in [0.25, 0.3) is 0 Å². The van der Waals surface area contributed by atoms with E-state index >= 15 is 0 Å². The summed E-state index contributed by atoms with van der Waals surface area (Å²) in [5, 5.41) is 16.6. The number of hydrogen-bond donors (Lipinski definition) is 2. The topological polar surface area (TPSA) is 65.7 Å². The summed E-state index contributed by atoms with van der Waals surface area (Å²) < 4.78 is 5.19. The minimum atomic E-state index is -0.00324. The van der Waals surface area contributed by atoms with Crippen molar-refractivity contribution in [3.63, 3.8) is 0 Å². The lowest BCUT2D eigenvalue weighted by Gasteiger charge is -2.13. The summed E-state index contributed by atoms with van der Waals surface area (Å²) in [5.41, 5.74) is 3.48. The van der Waals surface area contributed by atoms with E-state index in [1.165, 1.54) is 5.56 Å². The molecule has 1 rings (SSSR count). The largest absolute Gasteiger partial charge is 0.492 e. The number of aliphatic hydroxyl groups excluding tert-OH is 1. The molecule has 1 unspecified atom stereocenters. The Morgan fingerprint density at radius 2 is 2.21 bits per heavy atom. The van der Waals surface area contributed by atoms with Gasteiger partial charge in [-0.1, -0.05) is 25.6 Å². The van der Waals surface area contributed by atoms with Crippen LogP contribution < -0.4 is 0 Å². The Kier molecular flexibility index (Phi) is 8.72. The Bertz CT molecular complexity index is 618. The molecule has 0 radical (unpaired) electrons. The summed E-state index contributed by atoms with van der Waals surface area (Å²) >= 11 is 0. The fraction of sp³-hybridized carbons (Fsp3) is 0.400. The molecule has 1 aromatic carbocycles. The SMILES string of the molecule is C=C(/C=C\CCC(C)c1ccc(N=CC)c(C(C)=N)c1)OCCO. The van der Waals surface area contributed by atoms with Gasteiger partial charge in [0, 0.05) is 17.5 Å². The van der Waals surface area contributed by atoms with Gasteiger partial charge in [-0.15, -0.1) is 0 Å². The van der Waals surface area contributed by atoms with E-state index in [0.29, 0.717) is 17.4 Å². The molecule has 1 atom stereocenters. The number of hydrogen-bond acceptors (Lipinski definition) is 4. The van der Waals surface area contributed by atoms with Crippen LogP contribution in [0, 0.1) is 5.41 Å². The third-order valence-electron chi connectivity index (χ3n) is 3.71. The molecule has 130 valence electrons. The number of nitrogens with zero attached hydrogens (tertiary/aromatic N) is 1. The van der Waals surface area contributed by atoms with Gasteiger partial charge in [-0.05, 0) is 56.4 Å². The van der Waals surface area contributed by atoms with Crippen LogP contribution >= 0.6 is 0 Å². The molecule has 0 heterocycles. The van der Waals surface area contributed by atoms with Gasteiger partial charge in [0.2, 0.25) is 0 Å². The monoisotopic (exact) mass is 328 g/mol. The second kappa shape index (κ2) is 10.6. The first-order valence-corrected chi connectivity index (χ1v) is 8.26.